The van der Waals surface area contributed by atoms with Gasteiger partial charge in [0.1, 0.15) is 5.75 Å². The molecule has 150 valence electrons. The topological polar surface area (TPSA) is 96.9 Å². The summed E-state index contributed by atoms with van der Waals surface area (Å²) in [5, 5.41) is 6.22. The number of benzene rings is 3. The lowest BCUT2D eigenvalue weighted by molar-refractivity contribution is -0.136. The first-order valence-corrected chi connectivity index (χ1v) is 9.10. The van der Waals surface area contributed by atoms with E-state index in [1.54, 1.807) is 66.7 Å². The number of amides is 2. The van der Waals surface area contributed by atoms with Crippen molar-refractivity contribution >= 4 is 29.7 Å². The Balaban J connectivity index is 1.52. The van der Waals surface area contributed by atoms with Crippen LogP contribution < -0.4 is 15.5 Å². The molecule has 2 amide bonds. The molecule has 3 aromatic carbocycles. The van der Waals surface area contributed by atoms with Crippen molar-refractivity contribution in [3.63, 3.8) is 0 Å². The number of ether oxygens (including phenoxy) is 1. The van der Waals surface area contributed by atoms with Gasteiger partial charge < -0.3 is 10.1 Å². The number of esters is 1. The van der Waals surface area contributed by atoms with E-state index in [0.29, 0.717) is 22.6 Å². The highest BCUT2D eigenvalue weighted by molar-refractivity contribution is 6.39. The maximum absolute atomic E-state index is 12.2. The molecule has 0 fully saturated rings. The monoisotopic (exact) mass is 401 g/mol. The quantitative estimate of drug-likeness (QED) is 0.225. The molecule has 0 aliphatic rings. The molecule has 0 aliphatic heterocycles. The van der Waals surface area contributed by atoms with Gasteiger partial charge in [0.2, 0.25) is 0 Å². The van der Waals surface area contributed by atoms with Gasteiger partial charge in [0.25, 0.3) is 0 Å². The minimum Gasteiger partial charge on any atom is -0.423 e. The van der Waals surface area contributed by atoms with Gasteiger partial charge in [-0.05, 0) is 60.5 Å². The molecule has 7 heteroatoms. The van der Waals surface area contributed by atoms with Crippen LogP contribution in [0.5, 0.6) is 5.75 Å². The maximum Gasteiger partial charge on any atom is 0.343 e. The largest absolute Gasteiger partial charge is 0.423 e. The van der Waals surface area contributed by atoms with E-state index in [9.17, 15) is 14.4 Å². The number of hydrogen-bond acceptors (Lipinski definition) is 5. The Kier molecular flexibility index (Phi) is 6.68. The van der Waals surface area contributed by atoms with E-state index < -0.39 is 17.8 Å². The van der Waals surface area contributed by atoms with Crippen molar-refractivity contribution in [2.24, 2.45) is 5.10 Å². The Bertz CT molecular complexity index is 1080. The first-order valence-electron chi connectivity index (χ1n) is 9.10. The molecule has 0 unspecified atom stereocenters. The SMILES string of the molecule is Cc1ccccc1C(=O)Oc1ccc(/C=N\NC(=O)C(=O)Nc2ccccc2)cc1. The molecule has 0 saturated carbocycles. The van der Waals surface area contributed by atoms with Crippen molar-refractivity contribution < 1.29 is 19.1 Å². The van der Waals surface area contributed by atoms with Crippen molar-refractivity contribution in [1.29, 1.82) is 0 Å². The van der Waals surface area contributed by atoms with Crippen LogP contribution >= 0.6 is 0 Å². The second kappa shape index (κ2) is 9.79. The summed E-state index contributed by atoms with van der Waals surface area (Å²) in [6.07, 6.45) is 1.38. The Labute approximate surface area is 173 Å². The predicted molar refractivity (Wildman–Crippen MR) is 113 cm³/mol. The molecular formula is C23H19N3O4. The lowest BCUT2D eigenvalue weighted by atomic mass is 10.1. The first kappa shape index (κ1) is 20.5. The summed E-state index contributed by atoms with van der Waals surface area (Å²) >= 11 is 0. The second-order valence-electron chi connectivity index (χ2n) is 6.29. The number of hydrazone groups is 1. The molecule has 30 heavy (non-hydrogen) atoms. The van der Waals surface area contributed by atoms with Crippen LogP contribution in [-0.2, 0) is 9.59 Å². The van der Waals surface area contributed by atoms with Gasteiger partial charge in [-0.25, -0.2) is 10.2 Å². The van der Waals surface area contributed by atoms with E-state index in [-0.39, 0.29) is 0 Å². The van der Waals surface area contributed by atoms with Crippen LogP contribution in [0.4, 0.5) is 5.69 Å². The summed E-state index contributed by atoms with van der Waals surface area (Å²) in [5.41, 5.74) is 4.65. The van der Waals surface area contributed by atoms with E-state index in [2.05, 4.69) is 15.8 Å². The fraction of sp³-hybridized carbons (Fsp3) is 0.0435. The first-order chi connectivity index (χ1) is 14.5. The van der Waals surface area contributed by atoms with Gasteiger partial charge in [-0.1, -0.05) is 36.4 Å². The molecule has 0 spiro atoms. The van der Waals surface area contributed by atoms with Crippen LogP contribution in [0.3, 0.4) is 0 Å². The molecule has 0 bridgehead atoms. The Morgan fingerprint density at radius 1 is 0.833 bits per heavy atom. The molecule has 0 saturated heterocycles. The molecule has 0 radical (unpaired) electrons. The van der Waals surface area contributed by atoms with Crippen molar-refractivity contribution in [3.8, 4) is 5.75 Å². The summed E-state index contributed by atoms with van der Waals surface area (Å²) < 4.78 is 5.36. The van der Waals surface area contributed by atoms with Gasteiger partial charge >= 0.3 is 17.8 Å². The lowest BCUT2D eigenvalue weighted by Crippen LogP contribution is -2.32. The lowest BCUT2D eigenvalue weighted by Gasteiger charge is -2.06. The van der Waals surface area contributed by atoms with Gasteiger partial charge in [-0.15, -0.1) is 0 Å². The number of aryl methyl sites for hydroxylation is 1. The molecule has 7 nitrogen and oxygen atoms in total. The average Bonchev–Trinajstić information content (AvgIpc) is 2.76. The van der Waals surface area contributed by atoms with Gasteiger partial charge in [-0.2, -0.15) is 5.10 Å². The summed E-state index contributed by atoms with van der Waals surface area (Å²) in [4.78, 5) is 35.8. The number of nitrogens with one attached hydrogen (secondary N) is 2. The number of hydrogen-bond donors (Lipinski definition) is 2. The number of anilines is 1. The second-order valence-corrected chi connectivity index (χ2v) is 6.29. The third-order valence-electron chi connectivity index (χ3n) is 4.07. The van der Waals surface area contributed by atoms with Crippen molar-refractivity contribution in [1.82, 2.24) is 5.43 Å². The highest BCUT2D eigenvalue weighted by atomic mass is 16.5. The highest BCUT2D eigenvalue weighted by Gasteiger charge is 2.13. The van der Waals surface area contributed by atoms with Crippen LogP contribution in [-0.4, -0.2) is 24.0 Å². The molecule has 0 aromatic heterocycles. The minimum absolute atomic E-state index is 0.381. The molecule has 3 aromatic rings. The number of carbonyl (C=O) groups is 3. The van der Waals surface area contributed by atoms with Gasteiger partial charge in [-0.3, -0.25) is 9.59 Å². The number of carbonyl (C=O) groups excluding carboxylic acids is 3. The minimum atomic E-state index is -0.890. The molecule has 0 aliphatic carbocycles. The maximum atomic E-state index is 12.2. The van der Waals surface area contributed by atoms with Crippen molar-refractivity contribution in [2.75, 3.05) is 5.32 Å². The summed E-state index contributed by atoms with van der Waals surface area (Å²) in [6, 6.07) is 22.4. The fourth-order valence-corrected chi connectivity index (χ4v) is 2.51. The van der Waals surface area contributed by atoms with Crippen molar-refractivity contribution in [3.05, 3.63) is 95.6 Å². The zero-order chi connectivity index (χ0) is 21.3. The van der Waals surface area contributed by atoms with Gasteiger partial charge in [0.15, 0.2) is 0 Å². The zero-order valence-corrected chi connectivity index (χ0v) is 16.2. The highest BCUT2D eigenvalue weighted by Crippen LogP contribution is 2.15. The Morgan fingerprint density at radius 2 is 1.50 bits per heavy atom. The predicted octanol–water partition coefficient (Wildman–Crippen LogP) is 3.30. The summed E-state index contributed by atoms with van der Waals surface area (Å²) in [7, 11) is 0. The number of rotatable bonds is 5. The van der Waals surface area contributed by atoms with E-state index in [4.69, 9.17) is 4.74 Å². The average molecular weight is 401 g/mol. The third kappa shape index (κ3) is 5.62. The van der Waals surface area contributed by atoms with E-state index in [0.717, 1.165) is 5.56 Å². The summed E-state index contributed by atoms with van der Waals surface area (Å²) in [5.74, 6) is -1.77. The Hall–Kier alpha value is -4.26. The zero-order valence-electron chi connectivity index (χ0n) is 16.2. The van der Waals surface area contributed by atoms with Crippen LogP contribution in [0.2, 0.25) is 0 Å². The molecule has 2 N–H and O–H groups in total. The summed E-state index contributed by atoms with van der Waals surface area (Å²) in [6.45, 7) is 1.84. The van der Waals surface area contributed by atoms with Crippen molar-refractivity contribution in [2.45, 2.75) is 6.92 Å². The number of nitrogens with zero attached hydrogens (tertiary/aromatic N) is 1. The molecule has 0 atom stereocenters. The van der Waals surface area contributed by atoms with E-state index in [1.807, 2.05) is 19.1 Å². The Morgan fingerprint density at radius 3 is 2.20 bits per heavy atom. The molecule has 3 rings (SSSR count). The fourth-order valence-electron chi connectivity index (χ4n) is 2.51. The third-order valence-corrected chi connectivity index (χ3v) is 4.07. The van der Waals surface area contributed by atoms with Gasteiger partial charge in [0, 0.05) is 5.69 Å². The molecule has 0 heterocycles. The van der Waals surface area contributed by atoms with Crippen LogP contribution in [0.15, 0.2) is 84.0 Å². The van der Waals surface area contributed by atoms with E-state index in [1.165, 1.54) is 6.21 Å². The number of para-hydroxylation sites is 1. The molecular weight excluding hydrogens is 382 g/mol. The standard InChI is InChI=1S/C23H19N3O4/c1-16-7-5-6-10-20(16)23(29)30-19-13-11-17(12-14-19)15-24-26-22(28)21(27)25-18-8-3-2-4-9-18/h2-15H,1H3,(H,25,27)(H,26,28)/b24-15-. The van der Waals surface area contributed by atoms with Crippen LogP contribution in [0.1, 0.15) is 21.5 Å². The van der Waals surface area contributed by atoms with Crippen LogP contribution in [0, 0.1) is 6.92 Å². The van der Waals surface area contributed by atoms with Crippen LogP contribution in [0.25, 0.3) is 0 Å². The smallest absolute Gasteiger partial charge is 0.343 e. The van der Waals surface area contributed by atoms with Gasteiger partial charge in [0.05, 0.1) is 11.8 Å². The normalized spacial score (nSPS) is 10.4. The van der Waals surface area contributed by atoms with E-state index >= 15 is 0 Å².